The van der Waals surface area contributed by atoms with Crippen molar-refractivity contribution in [1.29, 1.82) is 0 Å². The molecular formula is C12H26N2O. The van der Waals surface area contributed by atoms with Crippen molar-refractivity contribution in [3.05, 3.63) is 0 Å². The van der Waals surface area contributed by atoms with E-state index >= 15 is 0 Å². The number of hydrogen-bond acceptors (Lipinski definition) is 3. The van der Waals surface area contributed by atoms with E-state index in [2.05, 4.69) is 31.2 Å². The van der Waals surface area contributed by atoms with Crippen molar-refractivity contribution in [2.24, 2.45) is 5.92 Å². The fourth-order valence-corrected chi connectivity index (χ4v) is 2.58. The number of nitrogens with one attached hydrogen (secondary N) is 1. The van der Waals surface area contributed by atoms with Gasteiger partial charge >= 0.3 is 0 Å². The predicted molar refractivity (Wildman–Crippen MR) is 64.2 cm³/mol. The van der Waals surface area contributed by atoms with Gasteiger partial charge in [-0.2, -0.15) is 0 Å². The van der Waals surface area contributed by atoms with E-state index in [1.165, 1.54) is 19.3 Å². The van der Waals surface area contributed by atoms with Crippen molar-refractivity contribution >= 4 is 0 Å². The van der Waals surface area contributed by atoms with Crippen LogP contribution < -0.4 is 5.32 Å². The summed E-state index contributed by atoms with van der Waals surface area (Å²) in [6.45, 7) is 4.23. The Bertz CT molecular complexity index is 175. The SMILES string of the molecule is CNC1CCC(C)CC1N(C)CCOC. The fraction of sp³-hybridized carbons (Fsp3) is 1.00. The van der Waals surface area contributed by atoms with Gasteiger partial charge in [0.15, 0.2) is 0 Å². The fourth-order valence-electron chi connectivity index (χ4n) is 2.58. The van der Waals surface area contributed by atoms with Crippen molar-refractivity contribution in [3.8, 4) is 0 Å². The Morgan fingerprint density at radius 2 is 2.13 bits per heavy atom. The number of rotatable bonds is 5. The van der Waals surface area contributed by atoms with Gasteiger partial charge in [0.1, 0.15) is 0 Å². The van der Waals surface area contributed by atoms with Crippen LogP contribution in [0.15, 0.2) is 0 Å². The van der Waals surface area contributed by atoms with E-state index in [9.17, 15) is 0 Å². The Balaban J connectivity index is 2.46. The van der Waals surface area contributed by atoms with Gasteiger partial charge in [0, 0.05) is 25.7 Å². The van der Waals surface area contributed by atoms with Gasteiger partial charge in [-0.05, 0) is 39.3 Å². The van der Waals surface area contributed by atoms with Crippen LogP contribution in [0.4, 0.5) is 0 Å². The van der Waals surface area contributed by atoms with Crippen LogP contribution in [0.3, 0.4) is 0 Å². The van der Waals surface area contributed by atoms with Crippen LogP contribution in [-0.4, -0.2) is 51.3 Å². The van der Waals surface area contributed by atoms with Gasteiger partial charge in [0.05, 0.1) is 6.61 Å². The molecular weight excluding hydrogens is 188 g/mol. The highest BCUT2D eigenvalue weighted by Gasteiger charge is 2.29. The normalized spacial score (nSPS) is 32.2. The maximum Gasteiger partial charge on any atom is 0.0589 e. The Labute approximate surface area is 94.2 Å². The minimum Gasteiger partial charge on any atom is -0.383 e. The molecule has 1 aliphatic rings. The maximum absolute atomic E-state index is 5.14. The third-order valence-electron chi connectivity index (χ3n) is 3.66. The van der Waals surface area contributed by atoms with Crippen molar-refractivity contribution < 1.29 is 4.74 Å². The van der Waals surface area contributed by atoms with Gasteiger partial charge in [0.25, 0.3) is 0 Å². The van der Waals surface area contributed by atoms with E-state index in [0.717, 1.165) is 19.1 Å². The molecule has 1 N–H and O–H groups in total. The highest BCUT2D eigenvalue weighted by molar-refractivity contribution is 4.88. The highest BCUT2D eigenvalue weighted by atomic mass is 16.5. The lowest BCUT2D eigenvalue weighted by Crippen LogP contribution is -2.51. The Hall–Kier alpha value is -0.120. The zero-order valence-electron chi connectivity index (χ0n) is 10.6. The lowest BCUT2D eigenvalue weighted by molar-refractivity contribution is 0.0926. The third kappa shape index (κ3) is 3.74. The summed E-state index contributed by atoms with van der Waals surface area (Å²) in [5.41, 5.74) is 0. The first kappa shape index (κ1) is 12.9. The molecule has 0 radical (unpaired) electrons. The Kier molecular flexibility index (Phi) is 5.58. The molecule has 1 rings (SSSR count). The summed E-state index contributed by atoms with van der Waals surface area (Å²) < 4.78 is 5.14. The average Bonchev–Trinajstić information content (AvgIpc) is 2.25. The molecule has 0 heterocycles. The molecule has 90 valence electrons. The lowest BCUT2D eigenvalue weighted by atomic mass is 9.82. The lowest BCUT2D eigenvalue weighted by Gasteiger charge is -2.40. The van der Waals surface area contributed by atoms with E-state index in [1.807, 2.05) is 0 Å². The second-order valence-corrected chi connectivity index (χ2v) is 4.85. The van der Waals surface area contributed by atoms with Crippen LogP contribution in [0.25, 0.3) is 0 Å². The number of methoxy groups -OCH3 is 1. The minimum absolute atomic E-state index is 0.656. The molecule has 0 aromatic heterocycles. The van der Waals surface area contributed by atoms with Gasteiger partial charge in [-0.25, -0.2) is 0 Å². The predicted octanol–water partition coefficient (Wildman–Crippen LogP) is 1.34. The molecule has 1 fully saturated rings. The van der Waals surface area contributed by atoms with Crippen LogP contribution in [0.5, 0.6) is 0 Å². The quantitative estimate of drug-likeness (QED) is 0.747. The minimum atomic E-state index is 0.656. The van der Waals surface area contributed by atoms with Gasteiger partial charge in [0.2, 0.25) is 0 Å². The van der Waals surface area contributed by atoms with Gasteiger partial charge < -0.3 is 10.1 Å². The van der Waals surface area contributed by atoms with Crippen LogP contribution in [0, 0.1) is 5.92 Å². The van der Waals surface area contributed by atoms with E-state index < -0.39 is 0 Å². The van der Waals surface area contributed by atoms with Crippen molar-refractivity contribution in [2.45, 2.75) is 38.3 Å². The molecule has 0 aliphatic heterocycles. The molecule has 3 heteroatoms. The average molecular weight is 214 g/mol. The molecule has 3 unspecified atom stereocenters. The van der Waals surface area contributed by atoms with E-state index in [1.54, 1.807) is 7.11 Å². The molecule has 0 amide bonds. The molecule has 1 saturated carbocycles. The smallest absolute Gasteiger partial charge is 0.0589 e. The second kappa shape index (κ2) is 6.46. The molecule has 0 aromatic carbocycles. The molecule has 0 aromatic rings. The number of hydrogen-bond donors (Lipinski definition) is 1. The van der Waals surface area contributed by atoms with Gasteiger partial charge in [-0.15, -0.1) is 0 Å². The monoisotopic (exact) mass is 214 g/mol. The standard InChI is InChI=1S/C12H26N2O/c1-10-5-6-11(13-2)12(9-10)14(3)7-8-15-4/h10-13H,5-9H2,1-4H3. The molecule has 15 heavy (non-hydrogen) atoms. The van der Waals surface area contributed by atoms with Crippen LogP contribution in [0.2, 0.25) is 0 Å². The summed E-state index contributed by atoms with van der Waals surface area (Å²) in [5, 5.41) is 3.45. The van der Waals surface area contributed by atoms with Crippen LogP contribution in [0.1, 0.15) is 26.2 Å². The number of nitrogens with zero attached hydrogens (tertiary/aromatic N) is 1. The summed E-state index contributed by atoms with van der Waals surface area (Å²) in [6.07, 6.45) is 3.98. The molecule has 3 nitrogen and oxygen atoms in total. The molecule has 0 spiro atoms. The number of likely N-dealkylation sites (N-methyl/N-ethyl adjacent to an activating group) is 2. The molecule has 1 aliphatic carbocycles. The van der Waals surface area contributed by atoms with E-state index in [-0.39, 0.29) is 0 Å². The highest BCUT2D eigenvalue weighted by Crippen LogP contribution is 2.26. The van der Waals surface area contributed by atoms with Crippen LogP contribution in [-0.2, 0) is 4.74 Å². The first-order chi connectivity index (χ1) is 7.19. The molecule has 3 atom stereocenters. The second-order valence-electron chi connectivity index (χ2n) is 4.85. The zero-order valence-corrected chi connectivity index (χ0v) is 10.6. The summed E-state index contributed by atoms with van der Waals surface area (Å²) in [4.78, 5) is 2.44. The largest absolute Gasteiger partial charge is 0.383 e. The van der Waals surface area contributed by atoms with Gasteiger partial charge in [-0.3, -0.25) is 4.90 Å². The van der Waals surface area contributed by atoms with Gasteiger partial charge in [-0.1, -0.05) is 6.92 Å². The third-order valence-corrected chi connectivity index (χ3v) is 3.66. The van der Waals surface area contributed by atoms with Crippen LogP contribution >= 0.6 is 0 Å². The topological polar surface area (TPSA) is 24.5 Å². The summed E-state index contributed by atoms with van der Waals surface area (Å²) in [5.74, 6) is 0.865. The van der Waals surface area contributed by atoms with Crippen molar-refractivity contribution in [2.75, 3.05) is 34.4 Å². The summed E-state index contributed by atoms with van der Waals surface area (Å²) in [6, 6.07) is 1.33. The molecule has 0 bridgehead atoms. The Morgan fingerprint density at radius 3 is 2.73 bits per heavy atom. The number of ether oxygens (including phenoxy) is 1. The first-order valence-electron chi connectivity index (χ1n) is 6.05. The van der Waals surface area contributed by atoms with Crippen molar-refractivity contribution in [3.63, 3.8) is 0 Å². The van der Waals surface area contributed by atoms with E-state index in [4.69, 9.17) is 4.74 Å². The van der Waals surface area contributed by atoms with E-state index in [0.29, 0.717) is 12.1 Å². The first-order valence-corrected chi connectivity index (χ1v) is 6.05. The summed E-state index contributed by atoms with van der Waals surface area (Å²) >= 11 is 0. The maximum atomic E-state index is 5.14. The summed E-state index contributed by atoms with van der Waals surface area (Å²) in [7, 11) is 6.07. The Morgan fingerprint density at radius 1 is 1.40 bits per heavy atom. The zero-order chi connectivity index (χ0) is 11.3. The van der Waals surface area contributed by atoms with Crippen molar-refractivity contribution in [1.82, 2.24) is 10.2 Å². The molecule has 0 saturated heterocycles.